The second-order valence-electron chi connectivity index (χ2n) is 3.54. The number of hydrogen-bond acceptors (Lipinski definition) is 1. The Hall–Kier alpha value is -0.850. The topological polar surface area (TPSA) is 17.1 Å². The van der Waals surface area contributed by atoms with Crippen molar-refractivity contribution in [1.29, 1.82) is 0 Å². The molecule has 0 N–H and O–H groups in total. The van der Waals surface area contributed by atoms with Gasteiger partial charge in [-0.3, -0.25) is 4.79 Å². The highest BCUT2D eigenvalue weighted by Gasteiger charge is 2.34. The predicted molar refractivity (Wildman–Crippen MR) is 66.8 cm³/mol. The molecule has 0 bridgehead atoms. The fourth-order valence-electron chi connectivity index (χ4n) is 1.63. The highest BCUT2D eigenvalue weighted by atomic mass is 16.1. The van der Waals surface area contributed by atoms with E-state index in [9.17, 15) is 4.79 Å². The number of ketones is 1. The van der Waals surface area contributed by atoms with Crippen LogP contribution in [-0.4, -0.2) is 5.78 Å². The van der Waals surface area contributed by atoms with Crippen LogP contribution in [0.15, 0.2) is 23.8 Å². The lowest BCUT2D eigenvalue weighted by Gasteiger charge is -2.02. The van der Waals surface area contributed by atoms with E-state index in [1.54, 1.807) is 6.92 Å². The van der Waals surface area contributed by atoms with E-state index in [1.807, 2.05) is 27.7 Å². The lowest BCUT2D eigenvalue weighted by molar-refractivity contribution is -0.116. The fourth-order valence-corrected chi connectivity index (χ4v) is 1.63. The average Bonchev–Trinajstić information content (AvgIpc) is 3.01. The summed E-state index contributed by atoms with van der Waals surface area (Å²) in [6.07, 6.45) is 8.53. The molecule has 0 heterocycles. The van der Waals surface area contributed by atoms with Gasteiger partial charge in [-0.1, -0.05) is 45.9 Å². The first-order valence-corrected chi connectivity index (χ1v) is 6.14. The van der Waals surface area contributed by atoms with Gasteiger partial charge in [-0.2, -0.15) is 0 Å². The number of carbonyl (C=O) groups is 1. The predicted octanol–water partition coefficient (Wildman–Crippen LogP) is 4.15. The Morgan fingerprint density at radius 1 is 1.27 bits per heavy atom. The van der Waals surface area contributed by atoms with Gasteiger partial charge >= 0.3 is 0 Å². The van der Waals surface area contributed by atoms with Crippen LogP contribution >= 0.6 is 0 Å². The third-order valence-electron chi connectivity index (χ3n) is 2.33. The van der Waals surface area contributed by atoms with Crippen LogP contribution in [0.25, 0.3) is 0 Å². The van der Waals surface area contributed by atoms with Crippen molar-refractivity contribution in [3.8, 4) is 0 Å². The van der Waals surface area contributed by atoms with Gasteiger partial charge in [0.05, 0.1) is 0 Å². The van der Waals surface area contributed by atoms with Gasteiger partial charge in [0.25, 0.3) is 0 Å². The summed E-state index contributed by atoms with van der Waals surface area (Å²) < 4.78 is 0. The fraction of sp³-hybridized carbons (Fsp3) is 0.643. The summed E-state index contributed by atoms with van der Waals surface area (Å²) in [6, 6.07) is 0. The maximum atomic E-state index is 10.8. The van der Waals surface area contributed by atoms with Crippen LogP contribution in [0.3, 0.4) is 0 Å². The Labute approximate surface area is 94.3 Å². The minimum Gasteiger partial charge on any atom is -0.300 e. The van der Waals surface area contributed by atoms with E-state index in [0.29, 0.717) is 6.42 Å². The maximum absolute atomic E-state index is 10.8. The second kappa shape index (κ2) is 7.44. The molecule has 0 aromatic rings. The molecule has 86 valence electrons. The molecule has 1 saturated carbocycles. The third kappa shape index (κ3) is 4.96. The zero-order valence-corrected chi connectivity index (χ0v) is 10.7. The summed E-state index contributed by atoms with van der Waals surface area (Å²) in [5.41, 5.74) is 1.22. The van der Waals surface area contributed by atoms with E-state index >= 15 is 0 Å². The van der Waals surface area contributed by atoms with Crippen molar-refractivity contribution < 1.29 is 4.79 Å². The Morgan fingerprint density at radius 2 is 1.87 bits per heavy atom. The van der Waals surface area contributed by atoms with Gasteiger partial charge < -0.3 is 0 Å². The first kappa shape index (κ1) is 14.2. The van der Waals surface area contributed by atoms with Crippen LogP contribution in [0.2, 0.25) is 0 Å². The molecule has 0 saturated heterocycles. The minimum absolute atomic E-state index is 0.264. The van der Waals surface area contributed by atoms with E-state index in [2.05, 4.69) is 18.2 Å². The summed E-state index contributed by atoms with van der Waals surface area (Å²) in [5.74, 6) is 1.85. The highest BCUT2D eigenvalue weighted by molar-refractivity contribution is 5.78. The zero-order chi connectivity index (χ0) is 11.8. The molecule has 1 heteroatoms. The van der Waals surface area contributed by atoms with Crippen LogP contribution in [0.4, 0.5) is 0 Å². The monoisotopic (exact) mass is 208 g/mol. The number of fused-ring (bicyclic) bond motifs is 1. The zero-order valence-electron chi connectivity index (χ0n) is 10.7. The summed E-state index contributed by atoms with van der Waals surface area (Å²) >= 11 is 0. The van der Waals surface area contributed by atoms with Crippen molar-refractivity contribution in [1.82, 2.24) is 0 Å². The smallest absolute Gasteiger partial charge is 0.134 e. The molecule has 2 aliphatic rings. The molecule has 15 heavy (non-hydrogen) atoms. The van der Waals surface area contributed by atoms with Gasteiger partial charge in [0, 0.05) is 6.42 Å². The molecule has 0 radical (unpaired) electrons. The second-order valence-corrected chi connectivity index (χ2v) is 3.54. The first-order chi connectivity index (χ1) is 7.25. The standard InChI is InChI=1S/C10H12O.2C2H6/c1-7(11)4-8-2-3-9-6-10(9)5-8;2*1-2/h2-3,5,9-10H,4,6H2,1H3;2*1-2H3. The molecule has 0 aromatic heterocycles. The molecular formula is C14H24O. The van der Waals surface area contributed by atoms with Gasteiger partial charge in [-0.15, -0.1) is 0 Å². The molecule has 1 nitrogen and oxygen atoms in total. The summed E-state index contributed by atoms with van der Waals surface area (Å²) in [7, 11) is 0. The number of rotatable bonds is 2. The van der Waals surface area contributed by atoms with E-state index in [1.165, 1.54) is 12.0 Å². The van der Waals surface area contributed by atoms with Crippen molar-refractivity contribution >= 4 is 5.78 Å². The molecule has 2 rings (SSSR count). The van der Waals surface area contributed by atoms with Crippen LogP contribution < -0.4 is 0 Å². The van der Waals surface area contributed by atoms with E-state index in [-0.39, 0.29) is 5.78 Å². The SMILES string of the molecule is CC.CC.CC(=O)CC1=CC2CC2C=C1. The average molecular weight is 208 g/mol. The van der Waals surface area contributed by atoms with Crippen molar-refractivity contribution in [2.75, 3.05) is 0 Å². The van der Waals surface area contributed by atoms with Gasteiger partial charge in [-0.05, 0) is 30.8 Å². The van der Waals surface area contributed by atoms with Gasteiger partial charge in [0.15, 0.2) is 0 Å². The Morgan fingerprint density at radius 3 is 2.33 bits per heavy atom. The molecular weight excluding hydrogens is 184 g/mol. The first-order valence-electron chi connectivity index (χ1n) is 6.14. The molecule has 2 unspecified atom stereocenters. The van der Waals surface area contributed by atoms with E-state index in [0.717, 1.165) is 11.8 Å². The molecule has 1 fully saturated rings. The summed E-state index contributed by atoms with van der Waals surface area (Å²) in [6.45, 7) is 9.65. The van der Waals surface area contributed by atoms with Gasteiger partial charge in [-0.25, -0.2) is 0 Å². The van der Waals surface area contributed by atoms with Crippen molar-refractivity contribution in [3.63, 3.8) is 0 Å². The quantitative estimate of drug-likeness (QED) is 0.666. The lowest BCUT2D eigenvalue weighted by atomic mass is 10.0. The number of carbonyl (C=O) groups excluding carboxylic acids is 1. The normalized spacial score (nSPS) is 24.7. The van der Waals surface area contributed by atoms with Gasteiger partial charge in [0.2, 0.25) is 0 Å². The van der Waals surface area contributed by atoms with Crippen molar-refractivity contribution in [2.24, 2.45) is 11.8 Å². The molecule has 2 aliphatic carbocycles. The molecule has 0 amide bonds. The Bertz CT molecular complexity index is 248. The highest BCUT2D eigenvalue weighted by Crippen LogP contribution is 2.44. The van der Waals surface area contributed by atoms with Crippen LogP contribution in [0, 0.1) is 11.8 Å². The maximum Gasteiger partial charge on any atom is 0.134 e. The largest absolute Gasteiger partial charge is 0.300 e. The minimum atomic E-state index is 0.264. The van der Waals surface area contributed by atoms with Crippen LogP contribution in [-0.2, 0) is 4.79 Å². The molecule has 0 aliphatic heterocycles. The lowest BCUT2D eigenvalue weighted by Crippen LogP contribution is -1.94. The van der Waals surface area contributed by atoms with Crippen molar-refractivity contribution in [3.05, 3.63) is 23.8 Å². The van der Waals surface area contributed by atoms with Crippen LogP contribution in [0.5, 0.6) is 0 Å². The molecule has 2 atom stereocenters. The van der Waals surface area contributed by atoms with E-state index < -0.39 is 0 Å². The summed E-state index contributed by atoms with van der Waals surface area (Å²) in [5, 5.41) is 0. The third-order valence-corrected chi connectivity index (χ3v) is 2.33. The van der Waals surface area contributed by atoms with Gasteiger partial charge in [0.1, 0.15) is 5.78 Å². The Kier molecular flexibility index (Phi) is 7.02. The number of allylic oxidation sites excluding steroid dienone is 4. The number of Topliss-reactive ketones (excluding diaryl/α,β-unsaturated/α-hetero) is 1. The van der Waals surface area contributed by atoms with Crippen molar-refractivity contribution in [2.45, 2.75) is 47.5 Å². The molecule has 0 spiro atoms. The number of hydrogen-bond donors (Lipinski definition) is 0. The Balaban J connectivity index is 0.000000442. The van der Waals surface area contributed by atoms with E-state index in [4.69, 9.17) is 0 Å². The van der Waals surface area contributed by atoms with Crippen LogP contribution in [0.1, 0.15) is 47.5 Å². The molecule has 0 aromatic carbocycles. The summed E-state index contributed by atoms with van der Waals surface area (Å²) in [4.78, 5) is 10.8.